The number of hydrogen-bond acceptors (Lipinski definition) is 2. The molecule has 2 rings (SSSR count). The molecule has 2 aromatic rings. The van der Waals surface area contributed by atoms with Crippen LogP contribution in [-0.4, -0.2) is 9.55 Å². The first-order chi connectivity index (χ1) is 7.58. The Hall–Kier alpha value is -1.84. The molecular formula is C12H14FN3. The van der Waals surface area contributed by atoms with Crippen molar-refractivity contribution in [1.29, 1.82) is 0 Å². The fourth-order valence-corrected chi connectivity index (χ4v) is 1.47. The van der Waals surface area contributed by atoms with Gasteiger partial charge in [-0.05, 0) is 24.1 Å². The highest BCUT2D eigenvalue weighted by molar-refractivity contribution is 5.48. The number of imidazole rings is 1. The monoisotopic (exact) mass is 219 g/mol. The van der Waals surface area contributed by atoms with E-state index in [1.54, 1.807) is 18.5 Å². The van der Waals surface area contributed by atoms with E-state index in [0.717, 1.165) is 11.4 Å². The van der Waals surface area contributed by atoms with Crippen LogP contribution in [0.5, 0.6) is 0 Å². The SMILES string of the molecule is CC(C)c1cn(-c2ccc(F)c(N)c2)cn1. The summed E-state index contributed by atoms with van der Waals surface area (Å²) in [6.07, 6.45) is 3.64. The predicted octanol–water partition coefficient (Wildman–Crippen LogP) is 2.72. The molecule has 3 nitrogen and oxygen atoms in total. The van der Waals surface area contributed by atoms with E-state index in [-0.39, 0.29) is 5.69 Å². The maximum atomic E-state index is 13.0. The van der Waals surface area contributed by atoms with Crippen molar-refractivity contribution in [3.05, 3.63) is 42.2 Å². The summed E-state index contributed by atoms with van der Waals surface area (Å²) in [7, 11) is 0. The van der Waals surface area contributed by atoms with Crippen molar-refractivity contribution in [3.63, 3.8) is 0 Å². The Balaban J connectivity index is 2.39. The van der Waals surface area contributed by atoms with Crippen LogP contribution in [0.25, 0.3) is 5.69 Å². The van der Waals surface area contributed by atoms with Crippen LogP contribution >= 0.6 is 0 Å². The number of nitrogens with zero attached hydrogens (tertiary/aromatic N) is 2. The van der Waals surface area contributed by atoms with Crippen molar-refractivity contribution in [2.75, 3.05) is 5.73 Å². The van der Waals surface area contributed by atoms with E-state index in [0.29, 0.717) is 5.92 Å². The number of benzene rings is 1. The Morgan fingerprint density at radius 1 is 1.38 bits per heavy atom. The molecular weight excluding hydrogens is 205 g/mol. The third-order valence-corrected chi connectivity index (χ3v) is 2.47. The average Bonchev–Trinajstić information content (AvgIpc) is 2.71. The lowest BCUT2D eigenvalue weighted by molar-refractivity contribution is 0.632. The van der Waals surface area contributed by atoms with E-state index in [4.69, 9.17) is 5.73 Å². The van der Waals surface area contributed by atoms with Gasteiger partial charge in [0.1, 0.15) is 5.82 Å². The standard InChI is InChI=1S/C12H14FN3/c1-8(2)12-6-16(7-15-12)9-3-4-10(13)11(14)5-9/h3-8H,14H2,1-2H3. The lowest BCUT2D eigenvalue weighted by Crippen LogP contribution is -1.95. The topological polar surface area (TPSA) is 43.8 Å². The van der Waals surface area contributed by atoms with E-state index in [2.05, 4.69) is 18.8 Å². The molecule has 0 saturated heterocycles. The normalized spacial score (nSPS) is 11.0. The second-order valence-electron chi connectivity index (χ2n) is 4.07. The molecule has 1 aromatic carbocycles. The number of hydrogen-bond donors (Lipinski definition) is 1. The average molecular weight is 219 g/mol. The number of nitrogen functional groups attached to an aromatic ring is 1. The number of nitrogens with two attached hydrogens (primary N) is 1. The smallest absolute Gasteiger partial charge is 0.146 e. The van der Waals surface area contributed by atoms with Crippen LogP contribution in [0.3, 0.4) is 0 Å². The van der Waals surface area contributed by atoms with Crippen LogP contribution in [0.15, 0.2) is 30.7 Å². The van der Waals surface area contributed by atoms with Crippen LogP contribution in [0, 0.1) is 5.82 Å². The molecule has 0 atom stereocenters. The third kappa shape index (κ3) is 1.91. The van der Waals surface area contributed by atoms with Gasteiger partial charge in [0, 0.05) is 11.9 Å². The fourth-order valence-electron chi connectivity index (χ4n) is 1.47. The quantitative estimate of drug-likeness (QED) is 0.789. The fraction of sp³-hybridized carbons (Fsp3) is 0.250. The Morgan fingerprint density at radius 3 is 2.69 bits per heavy atom. The molecule has 1 heterocycles. The summed E-state index contributed by atoms with van der Waals surface area (Å²) in [5.74, 6) is -0.0213. The van der Waals surface area contributed by atoms with Gasteiger partial charge in [-0.15, -0.1) is 0 Å². The maximum Gasteiger partial charge on any atom is 0.146 e. The van der Waals surface area contributed by atoms with Crippen molar-refractivity contribution in [2.24, 2.45) is 0 Å². The summed E-state index contributed by atoms with van der Waals surface area (Å²) >= 11 is 0. The van der Waals surface area contributed by atoms with Gasteiger partial charge in [0.15, 0.2) is 0 Å². The van der Waals surface area contributed by atoms with E-state index in [1.807, 2.05) is 10.8 Å². The van der Waals surface area contributed by atoms with Gasteiger partial charge in [-0.2, -0.15) is 0 Å². The Morgan fingerprint density at radius 2 is 2.12 bits per heavy atom. The zero-order valence-corrected chi connectivity index (χ0v) is 9.31. The first kappa shape index (κ1) is 10.7. The summed E-state index contributed by atoms with van der Waals surface area (Å²) in [6.45, 7) is 4.15. The van der Waals surface area contributed by atoms with Gasteiger partial charge < -0.3 is 10.3 Å². The third-order valence-electron chi connectivity index (χ3n) is 2.47. The van der Waals surface area contributed by atoms with Gasteiger partial charge in [0.05, 0.1) is 17.7 Å². The molecule has 0 unspecified atom stereocenters. The molecule has 4 heteroatoms. The van der Waals surface area contributed by atoms with Gasteiger partial charge in [-0.1, -0.05) is 13.8 Å². The van der Waals surface area contributed by atoms with Crippen LogP contribution in [-0.2, 0) is 0 Å². The van der Waals surface area contributed by atoms with Crippen LogP contribution in [0.4, 0.5) is 10.1 Å². The summed E-state index contributed by atoms with van der Waals surface area (Å²) < 4.78 is 14.8. The van der Waals surface area contributed by atoms with Crippen molar-refractivity contribution in [2.45, 2.75) is 19.8 Å². The molecule has 0 aliphatic carbocycles. The Bertz CT molecular complexity index is 503. The van der Waals surface area contributed by atoms with Gasteiger partial charge >= 0.3 is 0 Å². The highest BCUT2D eigenvalue weighted by Crippen LogP contribution is 2.18. The van der Waals surface area contributed by atoms with E-state index < -0.39 is 5.82 Å². The molecule has 0 spiro atoms. The van der Waals surface area contributed by atoms with Crippen molar-refractivity contribution >= 4 is 5.69 Å². The first-order valence-corrected chi connectivity index (χ1v) is 5.17. The summed E-state index contributed by atoms with van der Waals surface area (Å²) in [4.78, 5) is 4.27. The first-order valence-electron chi connectivity index (χ1n) is 5.17. The van der Waals surface area contributed by atoms with Gasteiger partial charge in [0.25, 0.3) is 0 Å². The lowest BCUT2D eigenvalue weighted by atomic mass is 10.2. The lowest BCUT2D eigenvalue weighted by Gasteiger charge is -2.04. The van der Waals surface area contributed by atoms with Crippen molar-refractivity contribution < 1.29 is 4.39 Å². The zero-order chi connectivity index (χ0) is 11.7. The molecule has 1 aromatic heterocycles. The maximum absolute atomic E-state index is 13.0. The molecule has 0 bridgehead atoms. The van der Waals surface area contributed by atoms with E-state index in [9.17, 15) is 4.39 Å². The highest BCUT2D eigenvalue weighted by atomic mass is 19.1. The minimum Gasteiger partial charge on any atom is -0.396 e. The molecule has 16 heavy (non-hydrogen) atoms. The van der Waals surface area contributed by atoms with Crippen LogP contribution < -0.4 is 5.73 Å². The minimum atomic E-state index is -0.395. The van der Waals surface area contributed by atoms with E-state index >= 15 is 0 Å². The number of rotatable bonds is 2. The molecule has 0 amide bonds. The van der Waals surface area contributed by atoms with Gasteiger partial charge in [-0.25, -0.2) is 9.37 Å². The number of halogens is 1. The minimum absolute atomic E-state index is 0.150. The van der Waals surface area contributed by atoms with Crippen molar-refractivity contribution in [3.8, 4) is 5.69 Å². The largest absolute Gasteiger partial charge is 0.396 e. The van der Waals surface area contributed by atoms with Gasteiger partial charge in [0.2, 0.25) is 0 Å². The zero-order valence-electron chi connectivity index (χ0n) is 9.31. The molecule has 0 aliphatic heterocycles. The Labute approximate surface area is 93.7 Å². The molecule has 2 N–H and O–H groups in total. The van der Waals surface area contributed by atoms with Crippen LogP contribution in [0.2, 0.25) is 0 Å². The number of aromatic nitrogens is 2. The molecule has 0 aliphatic rings. The molecule has 0 saturated carbocycles. The molecule has 84 valence electrons. The summed E-state index contributed by atoms with van der Waals surface area (Å²) in [6, 6.07) is 4.64. The predicted molar refractivity (Wildman–Crippen MR) is 62.0 cm³/mol. The molecule has 0 fully saturated rings. The molecule has 0 radical (unpaired) electrons. The van der Waals surface area contributed by atoms with Crippen molar-refractivity contribution in [1.82, 2.24) is 9.55 Å². The van der Waals surface area contributed by atoms with Gasteiger partial charge in [-0.3, -0.25) is 0 Å². The summed E-state index contributed by atoms with van der Waals surface area (Å²) in [5, 5.41) is 0. The van der Waals surface area contributed by atoms with Crippen LogP contribution in [0.1, 0.15) is 25.5 Å². The van der Waals surface area contributed by atoms with E-state index in [1.165, 1.54) is 6.07 Å². The second kappa shape index (κ2) is 3.96. The highest BCUT2D eigenvalue weighted by Gasteiger charge is 2.05. The summed E-state index contributed by atoms with van der Waals surface area (Å²) in [5.41, 5.74) is 7.49. The number of anilines is 1. The second-order valence-corrected chi connectivity index (χ2v) is 4.07. The Kier molecular flexibility index (Phi) is 2.64.